The molecule has 0 spiro atoms. The van der Waals surface area contributed by atoms with Gasteiger partial charge in [0.1, 0.15) is 11.5 Å². The van der Waals surface area contributed by atoms with Crippen LogP contribution in [-0.2, 0) is 0 Å². The highest BCUT2D eigenvalue weighted by molar-refractivity contribution is 6.31. The summed E-state index contributed by atoms with van der Waals surface area (Å²) in [6.45, 7) is 1.97. The first-order chi connectivity index (χ1) is 12.1. The summed E-state index contributed by atoms with van der Waals surface area (Å²) < 4.78 is 10.5. The van der Waals surface area contributed by atoms with Crippen molar-refractivity contribution < 1.29 is 14.3 Å². The standard InChI is InChI=1S/C19H21ClN2O3/c1-24-15-9-13(10-16(12-15)25-2)19(23)21-17-11-14(20)5-6-18(17)22-7-3-4-8-22/h5-6,9-12H,3-4,7-8H2,1-2H3,(H,21,23). The summed E-state index contributed by atoms with van der Waals surface area (Å²) >= 11 is 6.14. The molecular weight excluding hydrogens is 340 g/mol. The lowest BCUT2D eigenvalue weighted by molar-refractivity contribution is 0.102. The molecule has 2 aromatic rings. The average molecular weight is 361 g/mol. The monoisotopic (exact) mass is 360 g/mol. The van der Waals surface area contributed by atoms with Crippen LogP contribution in [-0.4, -0.2) is 33.2 Å². The lowest BCUT2D eigenvalue weighted by Gasteiger charge is -2.22. The molecule has 1 amide bonds. The first kappa shape index (κ1) is 17.4. The third kappa shape index (κ3) is 3.99. The molecule has 1 heterocycles. The molecule has 0 bridgehead atoms. The quantitative estimate of drug-likeness (QED) is 0.867. The maximum absolute atomic E-state index is 12.7. The lowest BCUT2D eigenvalue weighted by Crippen LogP contribution is -2.21. The SMILES string of the molecule is COc1cc(OC)cc(C(=O)Nc2cc(Cl)ccc2N2CCCC2)c1. The molecule has 25 heavy (non-hydrogen) atoms. The zero-order valence-electron chi connectivity index (χ0n) is 14.3. The number of hydrogen-bond donors (Lipinski definition) is 1. The number of nitrogens with zero attached hydrogens (tertiary/aromatic N) is 1. The number of carbonyl (C=O) groups excluding carboxylic acids is 1. The highest BCUT2D eigenvalue weighted by Gasteiger charge is 2.18. The second kappa shape index (κ2) is 7.66. The molecule has 0 aromatic heterocycles. The lowest BCUT2D eigenvalue weighted by atomic mass is 10.1. The van der Waals surface area contributed by atoms with Gasteiger partial charge in [0.05, 0.1) is 25.6 Å². The molecular formula is C19H21ClN2O3. The number of halogens is 1. The normalized spacial score (nSPS) is 13.6. The summed E-state index contributed by atoms with van der Waals surface area (Å²) in [5, 5.41) is 3.56. The topological polar surface area (TPSA) is 50.8 Å². The molecule has 3 rings (SSSR count). The minimum Gasteiger partial charge on any atom is -0.497 e. The Morgan fingerprint density at radius 1 is 1.04 bits per heavy atom. The van der Waals surface area contributed by atoms with Crippen LogP contribution in [0.3, 0.4) is 0 Å². The van der Waals surface area contributed by atoms with E-state index < -0.39 is 0 Å². The number of amides is 1. The van der Waals surface area contributed by atoms with E-state index in [1.807, 2.05) is 12.1 Å². The molecule has 0 aliphatic carbocycles. The van der Waals surface area contributed by atoms with Gasteiger partial charge in [-0.3, -0.25) is 4.79 Å². The third-order valence-corrected chi connectivity index (χ3v) is 4.50. The Morgan fingerprint density at radius 2 is 1.68 bits per heavy atom. The maximum Gasteiger partial charge on any atom is 0.255 e. The van der Waals surface area contributed by atoms with E-state index in [1.165, 1.54) is 0 Å². The van der Waals surface area contributed by atoms with Crippen molar-refractivity contribution in [3.63, 3.8) is 0 Å². The van der Waals surface area contributed by atoms with E-state index in [1.54, 1.807) is 38.5 Å². The molecule has 0 unspecified atom stereocenters. The number of methoxy groups -OCH3 is 2. The Bertz CT molecular complexity index is 751. The Kier molecular flexibility index (Phi) is 5.34. The van der Waals surface area contributed by atoms with Gasteiger partial charge in [-0.2, -0.15) is 0 Å². The number of rotatable bonds is 5. The molecule has 5 nitrogen and oxygen atoms in total. The fraction of sp³-hybridized carbons (Fsp3) is 0.316. The first-order valence-electron chi connectivity index (χ1n) is 8.19. The summed E-state index contributed by atoms with van der Waals surface area (Å²) in [7, 11) is 3.11. The van der Waals surface area contributed by atoms with Gasteiger partial charge in [-0.05, 0) is 43.2 Å². The third-order valence-electron chi connectivity index (χ3n) is 4.27. The molecule has 2 aromatic carbocycles. The molecule has 132 valence electrons. The maximum atomic E-state index is 12.7. The second-order valence-corrected chi connectivity index (χ2v) is 6.35. The van der Waals surface area contributed by atoms with E-state index >= 15 is 0 Å². The van der Waals surface area contributed by atoms with Gasteiger partial charge < -0.3 is 19.7 Å². The molecule has 1 N–H and O–H groups in total. The van der Waals surface area contributed by atoms with Crippen LogP contribution in [0.2, 0.25) is 5.02 Å². The van der Waals surface area contributed by atoms with E-state index in [0.717, 1.165) is 31.6 Å². The van der Waals surface area contributed by atoms with Gasteiger partial charge in [-0.15, -0.1) is 0 Å². The Balaban J connectivity index is 1.89. The Morgan fingerprint density at radius 3 is 2.28 bits per heavy atom. The van der Waals surface area contributed by atoms with Crippen molar-refractivity contribution in [2.45, 2.75) is 12.8 Å². The fourth-order valence-electron chi connectivity index (χ4n) is 2.98. The molecule has 0 atom stereocenters. The van der Waals surface area contributed by atoms with Crippen LogP contribution in [0.1, 0.15) is 23.2 Å². The van der Waals surface area contributed by atoms with E-state index in [-0.39, 0.29) is 5.91 Å². The zero-order valence-corrected chi connectivity index (χ0v) is 15.1. The van der Waals surface area contributed by atoms with E-state index in [4.69, 9.17) is 21.1 Å². The summed E-state index contributed by atoms with van der Waals surface area (Å²) in [4.78, 5) is 15.0. The van der Waals surface area contributed by atoms with Crippen LogP contribution in [0.25, 0.3) is 0 Å². The van der Waals surface area contributed by atoms with Gasteiger partial charge in [0.25, 0.3) is 5.91 Å². The molecule has 1 aliphatic heterocycles. The Labute approximate surface area is 152 Å². The van der Waals surface area contributed by atoms with Gasteiger partial charge in [0, 0.05) is 29.7 Å². The zero-order chi connectivity index (χ0) is 17.8. The van der Waals surface area contributed by atoms with Crippen molar-refractivity contribution in [2.75, 3.05) is 37.5 Å². The predicted molar refractivity (Wildman–Crippen MR) is 100 cm³/mol. The molecule has 6 heteroatoms. The number of benzene rings is 2. The van der Waals surface area contributed by atoms with Crippen LogP contribution in [0.15, 0.2) is 36.4 Å². The number of nitrogens with one attached hydrogen (secondary N) is 1. The van der Waals surface area contributed by atoms with Crippen LogP contribution in [0, 0.1) is 0 Å². The van der Waals surface area contributed by atoms with Gasteiger partial charge in [-0.1, -0.05) is 11.6 Å². The number of anilines is 2. The Hall–Kier alpha value is -2.40. The van der Waals surface area contributed by atoms with Crippen LogP contribution < -0.4 is 19.7 Å². The molecule has 0 radical (unpaired) electrons. The van der Waals surface area contributed by atoms with Gasteiger partial charge in [-0.25, -0.2) is 0 Å². The highest BCUT2D eigenvalue weighted by atomic mass is 35.5. The predicted octanol–water partition coefficient (Wildman–Crippen LogP) is 4.21. The molecule has 1 aliphatic rings. The van der Waals surface area contributed by atoms with Crippen molar-refractivity contribution in [3.05, 3.63) is 47.0 Å². The van der Waals surface area contributed by atoms with Crippen LogP contribution in [0.5, 0.6) is 11.5 Å². The van der Waals surface area contributed by atoms with Gasteiger partial charge >= 0.3 is 0 Å². The van der Waals surface area contributed by atoms with Crippen LogP contribution >= 0.6 is 11.6 Å². The minimum atomic E-state index is -0.236. The molecule has 1 fully saturated rings. The summed E-state index contributed by atoms with van der Waals surface area (Å²) in [5.74, 6) is 0.894. The largest absolute Gasteiger partial charge is 0.497 e. The van der Waals surface area contributed by atoms with Crippen molar-refractivity contribution in [1.29, 1.82) is 0 Å². The molecule has 0 saturated carbocycles. The molecule has 1 saturated heterocycles. The second-order valence-electron chi connectivity index (χ2n) is 5.91. The van der Waals surface area contributed by atoms with E-state index in [9.17, 15) is 4.79 Å². The average Bonchev–Trinajstić information content (AvgIpc) is 3.15. The van der Waals surface area contributed by atoms with Crippen molar-refractivity contribution in [2.24, 2.45) is 0 Å². The van der Waals surface area contributed by atoms with Crippen molar-refractivity contribution >= 4 is 28.9 Å². The van der Waals surface area contributed by atoms with Crippen molar-refractivity contribution in [3.8, 4) is 11.5 Å². The summed E-state index contributed by atoms with van der Waals surface area (Å²) in [6, 6.07) is 10.7. The number of carbonyl (C=O) groups is 1. The van der Waals surface area contributed by atoms with E-state index in [0.29, 0.717) is 27.8 Å². The highest BCUT2D eigenvalue weighted by Crippen LogP contribution is 2.32. The first-order valence-corrected chi connectivity index (χ1v) is 8.57. The smallest absolute Gasteiger partial charge is 0.255 e. The number of ether oxygens (including phenoxy) is 2. The summed E-state index contributed by atoms with van der Waals surface area (Å²) in [5.41, 5.74) is 2.16. The number of hydrogen-bond acceptors (Lipinski definition) is 4. The van der Waals surface area contributed by atoms with Gasteiger partial charge in [0.15, 0.2) is 0 Å². The fourth-order valence-corrected chi connectivity index (χ4v) is 3.15. The minimum absolute atomic E-state index is 0.236. The summed E-state index contributed by atoms with van der Waals surface area (Å²) in [6.07, 6.45) is 2.31. The van der Waals surface area contributed by atoms with Gasteiger partial charge in [0.2, 0.25) is 0 Å². The van der Waals surface area contributed by atoms with Crippen LogP contribution in [0.4, 0.5) is 11.4 Å². The van der Waals surface area contributed by atoms with Crippen molar-refractivity contribution in [1.82, 2.24) is 0 Å². The van der Waals surface area contributed by atoms with E-state index in [2.05, 4.69) is 10.2 Å².